The molecule has 0 aromatic heterocycles. The Morgan fingerprint density at radius 2 is 1.65 bits per heavy atom. The van der Waals surface area contributed by atoms with Crippen molar-refractivity contribution < 1.29 is 14.4 Å². The number of amides is 4. The van der Waals surface area contributed by atoms with Gasteiger partial charge >= 0.3 is 6.03 Å². The molecule has 1 unspecified atom stereocenters. The SMILES string of the molecule is CC(C)C1C(=O)NC(=O)N(CC(C2CC2)C2CC2)C1=O. The van der Waals surface area contributed by atoms with Crippen molar-refractivity contribution in [1.29, 1.82) is 0 Å². The largest absolute Gasteiger partial charge is 0.330 e. The van der Waals surface area contributed by atoms with Gasteiger partial charge in [0.1, 0.15) is 5.92 Å². The summed E-state index contributed by atoms with van der Waals surface area (Å²) in [5.74, 6) is 0.257. The molecule has 3 rings (SSSR count). The summed E-state index contributed by atoms with van der Waals surface area (Å²) in [7, 11) is 0. The van der Waals surface area contributed by atoms with E-state index in [0.717, 1.165) is 0 Å². The zero-order chi connectivity index (χ0) is 14.4. The number of rotatable bonds is 5. The molecule has 5 nitrogen and oxygen atoms in total. The Kier molecular flexibility index (Phi) is 3.30. The molecule has 2 saturated carbocycles. The van der Waals surface area contributed by atoms with E-state index < -0.39 is 17.9 Å². The summed E-state index contributed by atoms with van der Waals surface area (Å²) in [6.45, 7) is 4.18. The number of barbiturate groups is 1. The third-order valence-electron chi connectivity index (χ3n) is 4.80. The molecule has 0 bridgehead atoms. The van der Waals surface area contributed by atoms with Crippen molar-refractivity contribution in [3.63, 3.8) is 0 Å². The van der Waals surface area contributed by atoms with Crippen LogP contribution in [-0.2, 0) is 9.59 Å². The molecule has 4 amide bonds. The summed E-state index contributed by atoms with van der Waals surface area (Å²) in [5, 5.41) is 2.34. The van der Waals surface area contributed by atoms with Crippen LogP contribution in [0.5, 0.6) is 0 Å². The molecular formula is C15H22N2O3. The lowest BCUT2D eigenvalue weighted by Crippen LogP contribution is -2.60. The van der Waals surface area contributed by atoms with Gasteiger partial charge in [0.25, 0.3) is 0 Å². The molecule has 3 fully saturated rings. The molecule has 110 valence electrons. The fraction of sp³-hybridized carbons (Fsp3) is 0.800. The molecule has 1 aliphatic heterocycles. The maximum absolute atomic E-state index is 12.5. The molecule has 5 heteroatoms. The third-order valence-corrected chi connectivity index (χ3v) is 4.80. The minimum absolute atomic E-state index is 0.0848. The summed E-state index contributed by atoms with van der Waals surface area (Å²) < 4.78 is 0. The zero-order valence-electron chi connectivity index (χ0n) is 12.1. The van der Waals surface area contributed by atoms with E-state index in [1.165, 1.54) is 30.6 Å². The van der Waals surface area contributed by atoms with E-state index in [2.05, 4.69) is 5.32 Å². The number of hydrogen-bond donors (Lipinski definition) is 1. The summed E-state index contributed by atoms with van der Waals surface area (Å²) in [6.07, 6.45) is 4.88. The van der Waals surface area contributed by atoms with E-state index in [0.29, 0.717) is 24.3 Å². The first-order valence-electron chi connectivity index (χ1n) is 7.65. The monoisotopic (exact) mass is 278 g/mol. The number of carbonyl (C=O) groups excluding carboxylic acids is 3. The van der Waals surface area contributed by atoms with E-state index >= 15 is 0 Å². The Morgan fingerprint density at radius 1 is 1.10 bits per heavy atom. The van der Waals surface area contributed by atoms with Crippen molar-refractivity contribution >= 4 is 17.8 Å². The van der Waals surface area contributed by atoms with Gasteiger partial charge < -0.3 is 0 Å². The second-order valence-electron chi connectivity index (χ2n) is 6.80. The topological polar surface area (TPSA) is 66.5 Å². The molecule has 1 heterocycles. The van der Waals surface area contributed by atoms with E-state index in [1.54, 1.807) is 0 Å². The Morgan fingerprint density at radius 3 is 2.10 bits per heavy atom. The van der Waals surface area contributed by atoms with Gasteiger partial charge in [0.15, 0.2) is 0 Å². The number of imide groups is 2. The number of urea groups is 1. The lowest BCUT2D eigenvalue weighted by Gasteiger charge is -2.34. The average Bonchev–Trinajstić information content (AvgIpc) is 3.22. The molecule has 0 aromatic carbocycles. The molecule has 3 aliphatic rings. The highest BCUT2D eigenvalue weighted by Crippen LogP contribution is 2.49. The normalized spacial score (nSPS) is 27.5. The summed E-state index contributed by atoms with van der Waals surface area (Å²) >= 11 is 0. The van der Waals surface area contributed by atoms with Crippen LogP contribution in [0.15, 0.2) is 0 Å². The van der Waals surface area contributed by atoms with Crippen LogP contribution in [0.2, 0.25) is 0 Å². The molecule has 1 saturated heterocycles. The van der Waals surface area contributed by atoms with Crippen LogP contribution in [0, 0.1) is 29.6 Å². The summed E-state index contributed by atoms with van der Waals surface area (Å²) in [4.78, 5) is 37.5. The van der Waals surface area contributed by atoms with Gasteiger partial charge in [0, 0.05) is 6.54 Å². The van der Waals surface area contributed by atoms with Crippen LogP contribution >= 0.6 is 0 Å². The van der Waals surface area contributed by atoms with Crippen LogP contribution in [0.3, 0.4) is 0 Å². The molecule has 1 N–H and O–H groups in total. The molecule has 0 radical (unpaired) electrons. The van der Waals surface area contributed by atoms with Crippen molar-refractivity contribution in [2.75, 3.05) is 6.54 Å². The second-order valence-corrected chi connectivity index (χ2v) is 6.80. The van der Waals surface area contributed by atoms with Crippen LogP contribution in [0.25, 0.3) is 0 Å². The highest BCUT2D eigenvalue weighted by Gasteiger charge is 2.47. The molecule has 2 aliphatic carbocycles. The first-order chi connectivity index (χ1) is 9.49. The predicted octanol–water partition coefficient (Wildman–Crippen LogP) is 1.77. The van der Waals surface area contributed by atoms with Crippen molar-refractivity contribution in [3.8, 4) is 0 Å². The lowest BCUT2D eigenvalue weighted by molar-refractivity contribution is -0.145. The lowest BCUT2D eigenvalue weighted by atomic mass is 9.90. The van der Waals surface area contributed by atoms with Gasteiger partial charge in [-0.2, -0.15) is 0 Å². The Labute approximate surface area is 119 Å². The van der Waals surface area contributed by atoms with Gasteiger partial charge in [-0.05, 0) is 49.4 Å². The minimum Gasteiger partial charge on any atom is -0.277 e. The fourth-order valence-corrected chi connectivity index (χ4v) is 3.33. The van der Waals surface area contributed by atoms with Gasteiger partial charge in [-0.15, -0.1) is 0 Å². The standard InChI is InChI=1S/C15H22N2O3/c1-8(2)12-13(18)16-15(20)17(14(12)19)7-11(9-3-4-9)10-5-6-10/h8-12H,3-7H2,1-2H3,(H,16,18,20). The van der Waals surface area contributed by atoms with Crippen LogP contribution in [0.1, 0.15) is 39.5 Å². The fourth-order valence-electron chi connectivity index (χ4n) is 3.33. The Bertz CT molecular complexity index is 440. The molecule has 0 spiro atoms. The van der Waals surface area contributed by atoms with E-state index in [9.17, 15) is 14.4 Å². The van der Waals surface area contributed by atoms with Gasteiger partial charge in [0.2, 0.25) is 11.8 Å². The molecule has 0 aromatic rings. The first kappa shape index (κ1) is 13.6. The summed E-state index contributed by atoms with van der Waals surface area (Å²) in [5.41, 5.74) is 0. The predicted molar refractivity (Wildman–Crippen MR) is 72.5 cm³/mol. The van der Waals surface area contributed by atoms with Gasteiger partial charge in [-0.25, -0.2) is 4.79 Å². The number of hydrogen-bond acceptors (Lipinski definition) is 3. The third kappa shape index (κ3) is 2.45. The smallest absolute Gasteiger partial charge is 0.277 e. The van der Waals surface area contributed by atoms with Crippen LogP contribution in [-0.4, -0.2) is 29.3 Å². The van der Waals surface area contributed by atoms with Crippen LogP contribution in [0.4, 0.5) is 4.79 Å². The van der Waals surface area contributed by atoms with Gasteiger partial charge in [0.05, 0.1) is 0 Å². The van der Waals surface area contributed by atoms with Crippen molar-refractivity contribution in [3.05, 3.63) is 0 Å². The maximum Gasteiger partial charge on any atom is 0.330 e. The highest BCUT2D eigenvalue weighted by atomic mass is 16.2. The highest BCUT2D eigenvalue weighted by molar-refractivity contribution is 6.16. The van der Waals surface area contributed by atoms with E-state index in [-0.39, 0.29) is 11.8 Å². The molecular weight excluding hydrogens is 256 g/mol. The quantitative estimate of drug-likeness (QED) is 0.779. The van der Waals surface area contributed by atoms with Crippen molar-refractivity contribution in [2.45, 2.75) is 39.5 Å². The van der Waals surface area contributed by atoms with E-state index in [4.69, 9.17) is 0 Å². The molecule has 20 heavy (non-hydrogen) atoms. The van der Waals surface area contributed by atoms with Crippen molar-refractivity contribution in [1.82, 2.24) is 10.2 Å². The van der Waals surface area contributed by atoms with Gasteiger partial charge in [-0.3, -0.25) is 19.8 Å². The summed E-state index contributed by atoms with van der Waals surface area (Å²) in [6, 6.07) is -0.525. The number of carbonyl (C=O) groups is 3. The second kappa shape index (κ2) is 4.86. The molecule has 1 atom stereocenters. The van der Waals surface area contributed by atoms with E-state index in [1.807, 2.05) is 13.8 Å². The van der Waals surface area contributed by atoms with Crippen molar-refractivity contribution in [2.24, 2.45) is 29.6 Å². The Hall–Kier alpha value is -1.39. The Balaban J connectivity index is 1.74. The van der Waals surface area contributed by atoms with Crippen LogP contribution < -0.4 is 5.32 Å². The zero-order valence-corrected chi connectivity index (χ0v) is 12.1. The maximum atomic E-state index is 12.5. The average molecular weight is 278 g/mol. The first-order valence-corrected chi connectivity index (χ1v) is 7.65. The van der Waals surface area contributed by atoms with Gasteiger partial charge in [-0.1, -0.05) is 13.8 Å². The number of nitrogens with one attached hydrogen (secondary N) is 1. The minimum atomic E-state index is -0.716. The number of nitrogens with zero attached hydrogens (tertiary/aromatic N) is 1.